The van der Waals surface area contributed by atoms with Crippen molar-refractivity contribution in [1.29, 1.82) is 0 Å². The van der Waals surface area contributed by atoms with Crippen molar-refractivity contribution in [3.8, 4) is 39.5 Å². The number of pyridine rings is 2. The topological polar surface area (TPSA) is 56.7 Å². The van der Waals surface area contributed by atoms with Gasteiger partial charge in [-0.2, -0.15) is 0 Å². The van der Waals surface area contributed by atoms with Gasteiger partial charge in [0.2, 0.25) is 0 Å². The molecule has 0 atom stereocenters. The van der Waals surface area contributed by atoms with Crippen LogP contribution in [0.1, 0.15) is 50.7 Å². The molecule has 5 aromatic carbocycles. The van der Waals surface area contributed by atoms with E-state index < -0.39 is 0 Å². The van der Waals surface area contributed by atoms with Crippen LogP contribution in [0.5, 0.6) is 0 Å². The summed E-state index contributed by atoms with van der Waals surface area (Å²) in [6, 6.07) is 49.9. The van der Waals surface area contributed by atoms with Crippen molar-refractivity contribution in [3.05, 3.63) is 169 Å². The Labute approximate surface area is 323 Å². The molecule has 0 N–H and O–H groups in total. The van der Waals surface area contributed by atoms with E-state index in [1.165, 1.54) is 27.9 Å². The molecule has 0 aliphatic rings. The SMILES string of the molecule is CC(C)c1cccc(C(C)C)c1-n1c(-c2[c-]ccc3c2oc2ccccc23)nc2cnccc21.[Ir].[c-]1ccccc1-c1cc(-c2ccccc2)ccn1. The molecule has 9 rings (SSSR count). The first-order valence-electron chi connectivity index (χ1n) is 17.7. The van der Waals surface area contributed by atoms with Crippen LogP contribution in [0.3, 0.4) is 0 Å². The molecule has 0 aliphatic carbocycles. The zero-order valence-electron chi connectivity index (χ0n) is 30.0. The van der Waals surface area contributed by atoms with Gasteiger partial charge in [0.05, 0.1) is 28.6 Å². The van der Waals surface area contributed by atoms with Gasteiger partial charge in [-0.1, -0.05) is 111 Å². The number of imidazole rings is 1. The number of rotatable bonds is 6. The summed E-state index contributed by atoms with van der Waals surface area (Å²) in [7, 11) is 0. The summed E-state index contributed by atoms with van der Waals surface area (Å²) in [6.45, 7) is 8.98. The average Bonchev–Trinajstić information content (AvgIpc) is 3.77. The first-order chi connectivity index (χ1) is 25.5. The van der Waals surface area contributed by atoms with Crippen molar-refractivity contribution < 1.29 is 24.5 Å². The molecule has 0 spiro atoms. The smallest absolute Gasteiger partial charge is 0.120 e. The Hall–Kier alpha value is -5.68. The van der Waals surface area contributed by atoms with E-state index >= 15 is 0 Å². The molecule has 0 unspecified atom stereocenters. The number of nitrogens with zero attached hydrogens (tertiary/aromatic N) is 4. The molecule has 0 saturated carbocycles. The Morgan fingerprint density at radius 3 is 2.17 bits per heavy atom. The fraction of sp³-hybridized carbons (Fsp3) is 0.128. The largest absolute Gasteiger partial charge is 0.501 e. The molecule has 0 fully saturated rings. The summed E-state index contributed by atoms with van der Waals surface area (Å²) >= 11 is 0. The van der Waals surface area contributed by atoms with E-state index in [1.54, 1.807) is 0 Å². The number of fused-ring (bicyclic) bond motifs is 4. The number of furan rings is 1. The number of aromatic nitrogens is 4. The molecule has 9 aromatic rings. The Kier molecular flexibility index (Phi) is 10.4. The fourth-order valence-electron chi connectivity index (χ4n) is 6.89. The normalized spacial score (nSPS) is 11.2. The summed E-state index contributed by atoms with van der Waals surface area (Å²) in [5.41, 5.74) is 12.6. The first kappa shape index (κ1) is 35.7. The predicted molar refractivity (Wildman–Crippen MR) is 213 cm³/mol. The second-order valence-electron chi connectivity index (χ2n) is 13.5. The van der Waals surface area contributed by atoms with Crippen molar-refractivity contribution in [2.24, 2.45) is 0 Å². The molecule has 4 heterocycles. The minimum Gasteiger partial charge on any atom is -0.501 e. The maximum absolute atomic E-state index is 6.38. The zero-order valence-corrected chi connectivity index (χ0v) is 32.4. The number of benzene rings is 5. The Morgan fingerprint density at radius 1 is 0.660 bits per heavy atom. The van der Waals surface area contributed by atoms with Crippen molar-refractivity contribution in [3.63, 3.8) is 0 Å². The number of para-hydroxylation sites is 2. The summed E-state index contributed by atoms with van der Waals surface area (Å²) in [4.78, 5) is 13.9. The third-order valence-electron chi connectivity index (χ3n) is 9.44. The van der Waals surface area contributed by atoms with E-state index in [1.807, 2.05) is 97.5 Å². The van der Waals surface area contributed by atoms with E-state index in [-0.39, 0.29) is 20.1 Å². The third kappa shape index (κ3) is 6.96. The van der Waals surface area contributed by atoms with Crippen LogP contribution in [0, 0.1) is 12.1 Å². The summed E-state index contributed by atoms with van der Waals surface area (Å²) in [5.74, 6) is 1.53. The Morgan fingerprint density at radius 2 is 1.42 bits per heavy atom. The summed E-state index contributed by atoms with van der Waals surface area (Å²) in [5, 5.41) is 2.17. The number of hydrogen-bond acceptors (Lipinski definition) is 4. The van der Waals surface area contributed by atoms with Gasteiger partial charge in [0, 0.05) is 43.6 Å². The van der Waals surface area contributed by atoms with Crippen LogP contribution in [0.2, 0.25) is 0 Å². The van der Waals surface area contributed by atoms with Crippen LogP contribution in [-0.2, 0) is 20.1 Å². The second kappa shape index (κ2) is 15.5. The Balaban J connectivity index is 0.000000194. The minimum atomic E-state index is 0. The third-order valence-corrected chi connectivity index (χ3v) is 9.44. The minimum absolute atomic E-state index is 0. The Bertz CT molecular complexity index is 2560. The monoisotopic (exact) mass is 867 g/mol. The quantitative estimate of drug-likeness (QED) is 0.156. The molecule has 263 valence electrons. The second-order valence-corrected chi connectivity index (χ2v) is 13.5. The first-order valence-corrected chi connectivity index (χ1v) is 17.7. The molecule has 0 amide bonds. The van der Waals surface area contributed by atoms with Gasteiger partial charge in [0.15, 0.2) is 0 Å². The van der Waals surface area contributed by atoms with Crippen LogP contribution < -0.4 is 0 Å². The van der Waals surface area contributed by atoms with Crippen LogP contribution in [0.15, 0.2) is 150 Å². The average molecular weight is 867 g/mol. The molecule has 0 aliphatic heterocycles. The summed E-state index contributed by atoms with van der Waals surface area (Å²) in [6.07, 6.45) is 5.52. The van der Waals surface area contributed by atoms with Gasteiger partial charge in [-0.3, -0.25) is 9.97 Å². The molecule has 6 heteroatoms. The van der Waals surface area contributed by atoms with Gasteiger partial charge in [-0.05, 0) is 58.0 Å². The van der Waals surface area contributed by atoms with Gasteiger partial charge in [0.1, 0.15) is 5.58 Å². The van der Waals surface area contributed by atoms with E-state index in [0.717, 1.165) is 55.6 Å². The molecular formula is C47H38IrN4O-2. The van der Waals surface area contributed by atoms with Gasteiger partial charge in [-0.25, -0.2) is 0 Å². The van der Waals surface area contributed by atoms with E-state index in [0.29, 0.717) is 11.8 Å². The van der Waals surface area contributed by atoms with Crippen molar-refractivity contribution in [2.45, 2.75) is 39.5 Å². The molecule has 1 radical (unpaired) electrons. The van der Waals surface area contributed by atoms with Gasteiger partial charge in [-0.15, -0.1) is 54.1 Å². The predicted octanol–water partition coefficient (Wildman–Crippen LogP) is 12.2. The van der Waals surface area contributed by atoms with Gasteiger partial charge < -0.3 is 14.0 Å². The number of hydrogen-bond donors (Lipinski definition) is 0. The van der Waals surface area contributed by atoms with E-state index in [4.69, 9.17) is 9.40 Å². The maximum atomic E-state index is 6.38. The standard InChI is InChI=1S/C30H26N3O.C17H12N.Ir/c1-18(2)20-10-7-11-21(19(3)4)28(20)33-26-15-16-31-17-25(26)32-30(33)24-13-8-12-23-22-9-5-6-14-27(22)34-29(23)24;1-3-7-14(8-4-1)16-11-12-18-17(13-16)15-9-5-2-6-10-15;/h5-12,14-19H,1-4H3;1-9,11-13H;/q2*-1;. The van der Waals surface area contributed by atoms with Crippen molar-refractivity contribution in [2.75, 3.05) is 0 Å². The zero-order chi connectivity index (χ0) is 35.6. The molecule has 4 aromatic heterocycles. The van der Waals surface area contributed by atoms with E-state index in [2.05, 4.69) is 103 Å². The van der Waals surface area contributed by atoms with Gasteiger partial charge in [0.25, 0.3) is 0 Å². The molecule has 0 bridgehead atoms. The van der Waals surface area contributed by atoms with Crippen molar-refractivity contribution in [1.82, 2.24) is 19.5 Å². The molecule has 5 nitrogen and oxygen atoms in total. The summed E-state index contributed by atoms with van der Waals surface area (Å²) < 4.78 is 8.67. The van der Waals surface area contributed by atoms with Crippen LogP contribution in [0.4, 0.5) is 0 Å². The van der Waals surface area contributed by atoms with Crippen LogP contribution >= 0.6 is 0 Å². The maximum Gasteiger partial charge on any atom is 0.120 e. The van der Waals surface area contributed by atoms with E-state index in [9.17, 15) is 0 Å². The van der Waals surface area contributed by atoms with Gasteiger partial charge >= 0.3 is 0 Å². The fourth-order valence-corrected chi connectivity index (χ4v) is 6.89. The van der Waals surface area contributed by atoms with Crippen molar-refractivity contribution >= 4 is 33.0 Å². The molecule has 0 saturated heterocycles. The van der Waals surface area contributed by atoms with Crippen LogP contribution in [-0.4, -0.2) is 19.5 Å². The van der Waals surface area contributed by atoms with Crippen LogP contribution in [0.25, 0.3) is 72.4 Å². The molecular weight excluding hydrogens is 829 g/mol. The molecule has 53 heavy (non-hydrogen) atoms.